The van der Waals surface area contributed by atoms with Crippen LogP contribution in [-0.2, 0) is 33.6 Å². The van der Waals surface area contributed by atoms with Crippen LogP contribution in [0.15, 0.2) is 78.9 Å². The summed E-state index contributed by atoms with van der Waals surface area (Å²) in [4.78, 5) is 6.11. The van der Waals surface area contributed by atoms with E-state index in [-0.39, 0.29) is 12.1 Å². The first-order valence-electron chi connectivity index (χ1n) is 17.0. The van der Waals surface area contributed by atoms with Gasteiger partial charge in [0, 0.05) is 12.1 Å². The monoisotopic (exact) mass is 711 g/mol. The van der Waals surface area contributed by atoms with Gasteiger partial charge >= 0.3 is 0 Å². The molecule has 0 spiro atoms. The fourth-order valence-corrected chi connectivity index (χ4v) is 6.91. The van der Waals surface area contributed by atoms with E-state index in [1.54, 1.807) is 14.2 Å². The highest BCUT2D eigenvalue weighted by molar-refractivity contribution is 7.44. The van der Waals surface area contributed by atoms with Crippen molar-refractivity contribution in [3.8, 4) is 17.6 Å². The number of ether oxygens (including phenoxy) is 5. The topological polar surface area (TPSA) is 113 Å². The molecule has 0 amide bonds. The zero-order chi connectivity index (χ0) is 36.0. The largest absolute Gasteiger partial charge is 0.497 e. The third kappa shape index (κ3) is 12.9. The molecule has 274 valence electrons. The van der Waals surface area contributed by atoms with Gasteiger partial charge in [0.25, 0.3) is 8.53 Å². The van der Waals surface area contributed by atoms with Gasteiger partial charge in [0.05, 0.1) is 86.2 Å². The average Bonchev–Trinajstić information content (AvgIpc) is 3.13. The molecule has 0 bridgehead atoms. The van der Waals surface area contributed by atoms with Gasteiger partial charge in [-0.25, -0.2) is 4.67 Å². The van der Waals surface area contributed by atoms with Crippen molar-refractivity contribution in [2.75, 3.05) is 73.7 Å². The van der Waals surface area contributed by atoms with E-state index in [1.165, 1.54) is 0 Å². The molecule has 0 saturated carbocycles. The van der Waals surface area contributed by atoms with Crippen LogP contribution < -0.4 is 15.0 Å². The molecule has 0 aliphatic rings. The maximum atomic E-state index is 8.86. The van der Waals surface area contributed by atoms with Gasteiger partial charge in [0.1, 0.15) is 17.0 Å². The summed E-state index contributed by atoms with van der Waals surface area (Å²) in [5.41, 5.74) is 5.54. The summed E-state index contributed by atoms with van der Waals surface area (Å²) in [6.07, 6.45) is 0.331. The molecule has 11 nitrogen and oxygen atoms in total. The first-order chi connectivity index (χ1) is 24.4. The van der Waals surface area contributed by atoms with Crippen LogP contribution >= 0.6 is 8.53 Å². The SMILES string of the molecule is COc1ccc(C(NOCCOCCOCCOCCOP(OCCC#N)N(C(C)C)C(C)C)(c2ccccc2)c2ccc(OC)cc2)cc1. The van der Waals surface area contributed by atoms with Gasteiger partial charge in [0.2, 0.25) is 0 Å². The number of hydrogen-bond donors (Lipinski definition) is 1. The zero-order valence-electron chi connectivity index (χ0n) is 30.3. The Morgan fingerprint density at radius 1 is 0.620 bits per heavy atom. The highest BCUT2D eigenvalue weighted by atomic mass is 31.2. The van der Waals surface area contributed by atoms with Crippen LogP contribution in [0.5, 0.6) is 11.5 Å². The Morgan fingerprint density at radius 2 is 1.06 bits per heavy atom. The molecule has 0 saturated heterocycles. The van der Waals surface area contributed by atoms with Gasteiger partial charge in [0.15, 0.2) is 0 Å². The summed E-state index contributed by atoms with van der Waals surface area (Å²) >= 11 is 0. The van der Waals surface area contributed by atoms with E-state index in [9.17, 15) is 0 Å². The zero-order valence-corrected chi connectivity index (χ0v) is 31.2. The Morgan fingerprint density at radius 3 is 1.52 bits per heavy atom. The molecule has 0 radical (unpaired) electrons. The highest BCUT2D eigenvalue weighted by Gasteiger charge is 2.37. The molecule has 0 fully saturated rings. The highest BCUT2D eigenvalue weighted by Crippen LogP contribution is 2.45. The van der Waals surface area contributed by atoms with Gasteiger partial charge in [-0.1, -0.05) is 54.6 Å². The molecule has 3 aromatic rings. The molecule has 12 heteroatoms. The maximum absolute atomic E-state index is 8.86. The van der Waals surface area contributed by atoms with E-state index in [0.29, 0.717) is 65.9 Å². The minimum atomic E-state index is -1.27. The van der Waals surface area contributed by atoms with E-state index in [4.69, 9.17) is 42.8 Å². The summed E-state index contributed by atoms with van der Waals surface area (Å²) in [5, 5.41) is 8.86. The average molecular weight is 712 g/mol. The van der Waals surface area contributed by atoms with Crippen molar-refractivity contribution >= 4 is 8.53 Å². The Bertz CT molecular complexity index is 1300. The minimum absolute atomic E-state index is 0.254. The number of hydrogen-bond acceptors (Lipinski definition) is 11. The van der Waals surface area contributed by atoms with E-state index < -0.39 is 14.1 Å². The smallest absolute Gasteiger partial charge is 0.259 e. The lowest BCUT2D eigenvalue weighted by Gasteiger charge is -2.36. The van der Waals surface area contributed by atoms with Gasteiger partial charge in [-0.15, -0.1) is 0 Å². The number of benzene rings is 3. The van der Waals surface area contributed by atoms with Crippen molar-refractivity contribution in [3.63, 3.8) is 0 Å². The van der Waals surface area contributed by atoms with Crippen molar-refractivity contribution in [1.82, 2.24) is 10.2 Å². The molecule has 1 atom stereocenters. The van der Waals surface area contributed by atoms with Crippen LogP contribution in [0.3, 0.4) is 0 Å². The molecule has 0 aromatic heterocycles. The number of hydroxylamine groups is 1. The standard InChI is InChI=1S/C38H54N3O8P/c1-31(2)41(32(3)4)50(48-22-10-21-39)49-30-28-46-26-24-44-23-25-45-27-29-47-40-38(33-11-8-7-9-12-33,34-13-17-36(42-5)18-14-34)35-15-19-37(43-6)20-16-35/h7-9,11-20,31-32,40H,10,22-30H2,1-6H3. The predicted molar refractivity (Wildman–Crippen MR) is 195 cm³/mol. The second-order valence-electron chi connectivity index (χ2n) is 11.7. The van der Waals surface area contributed by atoms with E-state index in [1.807, 2.05) is 66.7 Å². The molecule has 50 heavy (non-hydrogen) atoms. The van der Waals surface area contributed by atoms with E-state index in [0.717, 1.165) is 28.2 Å². The Labute approximate surface area is 299 Å². The molecule has 0 aliphatic heterocycles. The van der Waals surface area contributed by atoms with Gasteiger partial charge in [-0.05, 0) is 68.7 Å². The fourth-order valence-electron chi connectivity index (χ4n) is 5.34. The first-order valence-corrected chi connectivity index (χ1v) is 18.2. The summed E-state index contributed by atoms with van der Waals surface area (Å²) < 4.78 is 42.1. The number of rotatable bonds is 26. The van der Waals surface area contributed by atoms with Crippen LogP contribution in [0.1, 0.15) is 50.8 Å². The quantitative estimate of drug-likeness (QED) is 0.0408. The lowest BCUT2D eigenvalue weighted by atomic mass is 9.77. The van der Waals surface area contributed by atoms with Gasteiger partial charge in [-0.2, -0.15) is 10.7 Å². The van der Waals surface area contributed by atoms with E-state index in [2.05, 4.69) is 56.0 Å². The van der Waals surface area contributed by atoms with Gasteiger partial charge in [-0.3, -0.25) is 4.84 Å². The predicted octanol–water partition coefficient (Wildman–Crippen LogP) is 6.86. The van der Waals surface area contributed by atoms with Crippen LogP contribution in [0.25, 0.3) is 0 Å². The number of nitrogens with one attached hydrogen (secondary N) is 1. The lowest BCUT2D eigenvalue weighted by molar-refractivity contribution is -0.0432. The fraction of sp³-hybridized carbons (Fsp3) is 0.500. The second-order valence-corrected chi connectivity index (χ2v) is 13.2. The van der Waals surface area contributed by atoms with Crippen molar-refractivity contribution in [3.05, 3.63) is 95.6 Å². The van der Waals surface area contributed by atoms with Gasteiger partial charge < -0.3 is 32.7 Å². The third-order valence-corrected chi connectivity index (χ3v) is 9.75. The summed E-state index contributed by atoms with van der Waals surface area (Å²) in [6.45, 7) is 12.1. The van der Waals surface area contributed by atoms with Crippen molar-refractivity contribution in [1.29, 1.82) is 5.26 Å². The third-order valence-electron chi connectivity index (χ3n) is 7.64. The van der Waals surface area contributed by atoms with Crippen molar-refractivity contribution < 1.29 is 37.6 Å². The number of nitrogens with zero attached hydrogens (tertiary/aromatic N) is 2. The maximum Gasteiger partial charge on any atom is 0.259 e. The molecule has 3 aromatic carbocycles. The molecule has 1 unspecified atom stereocenters. The molecule has 0 aliphatic carbocycles. The molecular formula is C38H54N3O8P. The summed E-state index contributed by atoms with van der Waals surface area (Å²) in [6, 6.07) is 28.7. The van der Waals surface area contributed by atoms with E-state index >= 15 is 0 Å². The number of nitriles is 1. The number of methoxy groups -OCH3 is 2. The first kappa shape index (κ1) is 41.3. The molecular weight excluding hydrogens is 657 g/mol. The molecule has 3 rings (SSSR count). The Balaban J connectivity index is 1.42. The van der Waals surface area contributed by atoms with Crippen molar-refractivity contribution in [2.24, 2.45) is 0 Å². The summed E-state index contributed by atoms with van der Waals surface area (Å²) in [7, 11) is 2.04. The van der Waals surface area contributed by atoms with Crippen LogP contribution in [0.2, 0.25) is 0 Å². The van der Waals surface area contributed by atoms with Crippen molar-refractivity contribution in [2.45, 2.75) is 51.7 Å². The Hall–Kier alpha value is -3.14. The molecule has 1 N–H and O–H groups in total. The van der Waals surface area contributed by atoms with Crippen LogP contribution in [-0.4, -0.2) is 90.4 Å². The van der Waals surface area contributed by atoms with Crippen LogP contribution in [0.4, 0.5) is 0 Å². The minimum Gasteiger partial charge on any atom is -0.497 e. The van der Waals surface area contributed by atoms with Crippen LogP contribution in [0, 0.1) is 11.3 Å². The molecule has 0 heterocycles. The second kappa shape index (κ2) is 23.4. The normalized spacial score (nSPS) is 12.4. The Kier molecular flexibility index (Phi) is 19.3. The lowest BCUT2D eigenvalue weighted by Crippen LogP contribution is -2.45. The summed E-state index contributed by atoms with van der Waals surface area (Å²) in [5.74, 6) is 1.54.